The second-order valence-corrected chi connectivity index (χ2v) is 10.1. The molecule has 36 heavy (non-hydrogen) atoms. The third-order valence-electron chi connectivity index (χ3n) is 7.35. The van der Waals surface area contributed by atoms with Crippen LogP contribution < -0.4 is 15.4 Å². The number of likely N-dealkylation sites (tertiary alicyclic amines) is 1. The number of aryl methyl sites for hydroxylation is 1. The van der Waals surface area contributed by atoms with Gasteiger partial charge in [-0.25, -0.2) is 0 Å². The third kappa shape index (κ3) is 4.71. The van der Waals surface area contributed by atoms with Crippen molar-refractivity contribution in [2.45, 2.75) is 32.2 Å². The van der Waals surface area contributed by atoms with E-state index in [0.717, 1.165) is 66.0 Å². The summed E-state index contributed by atoms with van der Waals surface area (Å²) in [6, 6.07) is 15.5. The molecule has 3 N–H and O–H groups in total. The lowest BCUT2D eigenvalue weighted by molar-refractivity contribution is -0.0625. The first-order valence-corrected chi connectivity index (χ1v) is 12.5. The molecule has 0 radical (unpaired) electrons. The van der Waals surface area contributed by atoms with Crippen molar-refractivity contribution in [3.05, 3.63) is 71.4 Å². The summed E-state index contributed by atoms with van der Waals surface area (Å²) < 4.78 is 6.08. The van der Waals surface area contributed by atoms with Gasteiger partial charge in [0.25, 0.3) is 5.91 Å². The van der Waals surface area contributed by atoms with Crippen LogP contribution in [0.15, 0.2) is 54.7 Å². The molecule has 1 aliphatic carbocycles. The monoisotopic (exact) mass is 483 g/mol. The van der Waals surface area contributed by atoms with Gasteiger partial charge in [-0.05, 0) is 67.6 Å². The molecule has 7 heteroatoms. The number of hydrogen-bond acceptors (Lipinski definition) is 6. The molecule has 2 fully saturated rings. The van der Waals surface area contributed by atoms with Crippen molar-refractivity contribution in [2.75, 3.05) is 32.5 Å². The van der Waals surface area contributed by atoms with Gasteiger partial charge in [-0.15, -0.1) is 0 Å². The number of rotatable bonds is 8. The summed E-state index contributed by atoms with van der Waals surface area (Å²) in [5, 5.41) is 13.9. The molecule has 3 aromatic rings. The number of amides is 1. The summed E-state index contributed by atoms with van der Waals surface area (Å²) in [6.07, 6.45) is 5.97. The predicted octanol–water partition coefficient (Wildman–Crippen LogP) is 4.97. The molecule has 5 rings (SSSR count). The van der Waals surface area contributed by atoms with Gasteiger partial charge in [0.1, 0.15) is 11.5 Å². The Morgan fingerprint density at radius 3 is 2.64 bits per heavy atom. The van der Waals surface area contributed by atoms with E-state index in [0.29, 0.717) is 16.9 Å². The van der Waals surface area contributed by atoms with Gasteiger partial charge in [0, 0.05) is 73.1 Å². The van der Waals surface area contributed by atoms with Crippen molar-refractivity contribution in [3.63, 3.8) is 0 Å². The van der Waals surface area contributed by atoms with E-state index in [1.807, 2.05) is 49.5 Å². The van der Waals surface area contributed by atoms with Gasteiger partial charge in [-0.2, -0.15) is 0 Å². The summed E-state index contributed by atoms with van der Waals surface area (Å²) in [5.74, 6) is 1.37. The lowest BCUT2D eigenvalue weighted by Gasteiger charge is -2.58. The van der Waals surface area contributed by atoms with Crippen LogP contribution >= 0.6 is 0 Å². The molecule has 0 atom stereocenters. The van der Waals surface area contributed by atoms with Crippen LogP contribution in [-0.4, -0.2) is 55.2 Å². The maximum absolute atomic E-state index is 13.0. The second kappa shape index (κ2) is 9.74. The fourth-order valence-corrected chi connectivity index (χ4v) is 5.68. The molecule has 1 amide bonds. The number of carbonyl (C=O) groups excluding carboxylic acids is 1. The molecular weight excluding hydrogens is 450 g/mol. The number of nitrogens with zero attached hydrogens (tertiary/aromatic N) is 2. The highest BCUT2D eigenvalue weighted by Crippen LogP contribution is 2.47. The number of hydrogen-bond donors (Lipinski definition) is 3. The van der Waals surface area contributed by atoms with Gasteiger partial charge in [0.05, 0.1) is 5.69 Å². The van der Waals surface area contributed by atoms with E-state index in [2.05, 4.69) is 40.6 Å². The molecule has 0 bridgehead atoms. The zero-order valence-electron chi connectivity index (χ0n) is 21.1. The Morgan fingerprint density at radius 1 is 1.17 bits per heavy atom. The Labute approximate surface area is 212 Å². The first-order valence-electron chi connectivity index (χ1n) is 12.5. The molecule has 186 valence electrons. The quantitative estimate of drug-likeness (QED) is 0.394. The Bertz CT molecular complexity index is 1290. The van der Waals surface area contributed by atoms with Crippen LogP contribution in [0.25, 0.3) is 11.3 Å². The van der Waals surface area contributed by atoms with Crippen LogP contribution in [0.5, 0.6) is 11.5 Å². The van der Waals surface area contributed by atoms with Crippen molar-refractivity contribution in [2.24, 2.45) is 5.41 Å². The number of pyridine rings is 1. The minimum absolute atomic E-state index is 0.0182. The van der Waals surface area contributed by atoms with Gasteiger partial charge in [-0.1, -0.05) is 13.0 Å². The highest BCUT2D eigenvalue weighted by Gasteiger charge is 2.51. The fraction of sp³-hybridized carbons (Fsp3) is 0.345. The van der Waals surface area contributed by atoms with Crippen molar-refractivity contribution in [1.29, 1.82) is 5.41 Å². The maximum Gasteiger partial charge on any atom is 0.251 e. The van der Waals surface area contributed by atoms with Crippen molar-refractivity contribution < 1.29 is 9.53 Å². The maximum atomic E-state index is 13.0. The summed E-state index contributed by atoms with van der Waals surface area (Å²) in [5.41, 5.74) is 5.56. The molecule has 1 saturated heterocycles. The molecule has 1 aliphatic heterocycles. The summed E-state index contributed by atoms with van der Waals surface area (Å²) in [7, 11) is 3.97. The molecule has 0 unspecified atom stereocenters. The van der Waals surface area contributed by atoms with E-state index in [9.17, 15) is 4.79 Å². The summed E-state index contributed by atoms with van der Waals surface area (Å²) >= 11 is 0. The Morgan fingerprint density at radius 2 is 1.94 bits per heavy atom. The summed E-state index contributed by atoms with van der Waals surface area (Å²) in [4.78, 5) is 19.9. The minimum atomic E-state index is 0.0182. The first kappa shape index (κ1) is 24.0. The predicted molar refractivity (Wildman–Crippen MR) is 143 cm³/mol. The van der Waals surface area contributed by atoms with Crippen molar-refractivity contribution in [3.8, 4) is 22.8 Å². The number of ether oxygens (including phenoxy) is 1. The van der Waals surface area contributed by atoms with Crippen LogP contribution in [0.3, 0.4) is 0 Å². The highest BCUT2D eigenvalue weighted by molar-refractivity contribution is 5.96. The molecular formula is C29H33N5O2. The summed E-state index contributed by atoms with van der Waals surface area (Å²) in [6.45, 7) is 4.37. The molecule has 1 saturated carbocycles. The zero-order valence-corrected chi connectivity index (χ0v) is 21.1. The first-order chi connectivity index (χ1) is 17.4. The Hall–Kier alpha value is -3.71. The SMILES string of the molecule is CCc1cc(-c2cc(Oc3ccc(C=N)c(NC)c3)ccn2)ccc1C(=O)NC1CC2(C1)CN(C)C2. The Balaban J connectivity index is 1.29. The number of aromatic nitrogens is 1. The standard InChI is InChI=1S/C29H33N5O2/c1-4-19-11-20(6-8-25(19)28(35)33-22-14-29(15-22)17-34(3)18-29)27-13-24(9-10-32-27)36-23-7-5-21(16-30)26(12-23)31-2/h5-13,16,22,30-31H,4,14-15,17-18H2,1-3H3,(H,33,35). The number of anilines is 1. The molecule has 2 heterocycles. The highest BCUT2D eigenvalue weighted by atomic mass is 16.5. The smallest absolute Gasteiger partial charge is 0.251 e. The van der Waals surface area contributed by atoms with Gasteiger partial charge in [0.15, 0.2) is 0 Å². The van der Waals surface area contributed by atoms with Gasteiger partial charge in [0.2, 0.25) is 0 Å². The average molecular weight is 484 g/mol. The van der Waals surface area contributed by atoms with E-state index in [1.54, 1.807) is 6.20 Å². The molecule has 2 aromatic carbocycles. The number of nitrogens with one attached hydrogen (secondary N) is 3. The molecule has 2 aliphatic rings. The van der Waals surface area contributed by atoms with Crippen LogP contribution in [-0.2, 0) is 6.42 Å². The number of carbonyl (C=O) groups is 1. The Kier molecular flexibility index (Phi) is 6.49. The van der Waals surface area contributed by atoms with Crippen LogP contribution in [0.1, 0.15) is 41.3 Å². The van der Waals surface area contributed by atoms with E-state index in [-0.39, 0.29) is 11.9 Å². The second-order valence-electron chi connectivity index (χ2n) is 10.1. The van der Waals surface area contributed by atoms with Crippen molar-refractivity contribution >= 4 is 17.8 Å². The van der Waals surface area contributed by atoms with Crippen LogP contribution in [0.2, 0.25) is 0 Å². The molecule has 1 aromatic heterocycles. The minimum Gasteiger partial charge on any atom is -0.457 e. The third-order valence-corrected chi connectivity index (χ3v) is 7.35. The zero-order chi connectivity index (χ0) is 25.3. The van der Waals surface area contributed by atoms with Gasteiger partial charge < -0.3 is 25.7 Å². The normalized spacial score (nSPS) is 16.6. The van der Waals surface area contributed by atoms with Crippen LogP contribution in [0, 0.1) is 10.8 Å². The molecule has 7 nitrogen and oxygen atoms in total. The lowest BCUT2D eigenvalue weighted by Crippen LogP contribution is -2.65. The van der Waals surface area contributed by atoms with E-state index in [1.165, 1.54) is 6.21 Å². The fourth-order valence-electron chi connectivity index (χ4n) is 5.68. The lowest BCUT2D eigenvalue weighted by atomic mass is 9.61. The van der Waals surface area contributed by atoms with Crippen LogP contribution in [0.4, 0.5) is 5.69 Å². The average Bonchev–Trinajstić information content (AvgIpc) is 2.86. The van der Waals surface area contributed by atoms with E-state index in [4.69, 9.17) is 10.1 Å². The van der Waals surface area contributed by atoms with E-state index < -0.39 is 0 Å². The van der Waals surface area contributed by atoms with Gasteiger partial charge >= 0.3 is 0 Å². The van der Waals surface area contributed by atoms with Crippen molar-refractivity contribution in [1.82, 2.24) is 15.2 Å². The number of benzene rings is 2. The topological polar surface area (TPSA) is 90.3 Å². The van der Waals surface area contributed by atoms with Gasteiger partial charge in [-0.3, -0.25) is 9.78 Å². The molecule has 1 spiro atoms. The largest absolute Gasteiger partial charge is 0.457 e. The van der Waals surface area contributed by atoms with E-state index >= 15 is 0 Å².